The highest BCUT2D eigenvalue weighted by Crippen LogP contribution is 2.22. The molecule has 6 nitrogen and oxygen atoms in total. The predicted octanol–water partition coefficient (Wildman–Crippen LogP) is 3.30. The minimum absolute atomic E-state index is 0.282. The summed E-state index contributed by atoms with van der Waals surface area (Å²) in [4.78, 5) is 12.7. The van der Waals surface area contributed by atoms with Crippen LogP contribution in [0.5, 0.6) is 5.75 Å². The highest BCUT2D eigenvalue weighted by molar-refractivity contribution is 7.92. The normalized spacial score (nSPS) is 13.4. The Kier molecular flexibility index (Phi) is 7.67. The van der Waals surface area contributed by atoms with Gasteiger partial charge in [0, 0.05) is 0 Å². The lowest BCUT2D eigenvalue weighted by Crippen LogP contribution is -2.50. The topological polar surface area (TPSA) is 75.7 Å². The third-order valence-corrected chi connectivity index (χ3v) is 5.84. The highest BCUT2D eigenvalue weighted by Gasteiger charge is 2.29. The van der Waals surface area contributed by atoms with Crippen LogP contribution in [-0.2, 0) is 21.2 Å². The van der Waals surface area contributed by atoms with Crippen molar-refractivity contribution in [3.05, 3.63) is 59.7 Å². The second kappa shape index (κ2) is 9.78. The van der Waals surface area contributed by atoms with Gasteiger partial charge in [-0.3, -0.25) is 9.10 Å². The molecule has 1 amide bonds. The lowest BCUT2D eigenvalue weighted by atomic mass is 10.1. The Morgan fingerprint density at radius 2 is 1.66 bits per heavy atom. The van der Waals surface area contributed by atoms with E-state index < -0.39 is 16.1 Å². The van der Waals surface area contributed by atoms with Gasteiger partial charge in [0.05, 0.1) is 18.0 Å². The van der Waals surface area contributed by atoms with Crippen molar-refractivity contribution in [2.75, 3.05) is 17.2 Å². The number of ether oxygens (including phenoxy) is 1. The van der Waals surface area contributed by atoms with Gasteiger partial charge in [0.2, 0.25) is 15.9 Å². The Labute approximate surface area is 173 Å². The quantitative estimate of drug-likeness (QED) is 0.678. The van der Waals surface area contributed by atoms with E-state index in [2.05, 4.69) is 5.32 Å². The zero-order valence-electron chi connectivity index (χ0n) is 17.7. The first-order chi connectivity index (χ1) is 13.6. The van der Waals surface area contributed by atoms with Gasteiger partial charge < -0.3 is 10.1 Å². The standard InChI is InChI=1S/C22H30N2O4S/c1-6-19-9-11-20(12-10-19)24(29(5,26)27)18(4)22(25)23-17(3)15-28-21-13-7-16(2)8-14-21/h7-14,17-18H,6,15H2,1-5H3,(H,23,25). The molecule has 2 aromatic carbocycles. The maximum absolute atomic E-state index is 12.7. The summed E-state index contributed by atoms with van der Waals surface area (Å²) in [5.41, 5.74) is 2.71. The highest BCUT2D eigenvalue weighted by atomic mass is 32.2. The van der Waals surface area contributed by atoms with Crippen LogP contribution in [0.3, 0.4) is 0 Å². The second-order valence-corrected chi connectivity index (χ2v) is 9.15. The number of sulfonamides is 1. The second-order valence-electron chi connectivity index (χ2n) is 7.29. The minimum atomic E-state index is -3.64. The molecule has 0 aliphatic rings. The number of nitrogens with one attached hydrogen (secondary N) is 1. The molecule has 0 radical (unpaired) electrons. The van der Waals surface area contributed by atoms with Crippen molar-refractivity contribution in [3.8, 4) is 5.75 Å². The number of rotatable bonds is 9. The Bertz CT molecular complexity index is 909. The molecule has 2 aromatic rings. The van der Waals surface area contributed by atoms with E-state index in [0.29, 0.717) is 5.69 Å². The van der Waals surface area contributed by atoms with Gasteiger partial charge in [-0.1, -0.05) is 36.8 Å². The van der Waals surface area contributed by atoms with Crippen LogP contribution in [0.2, 0.25) is 0 Å². The van der Waals surface area contributed by atoms with E-state index in [-0.39, 0.29) is 18.6 Å². The molecule has 0 saturated carbocycles. The molecule has 0 aliphatic heterocycles. The van der Waals surface area contributed by atoms with E-state index in [0.717, 1.165) is 33.9 Å². The van der Waals surface area contributed by atoms with Crippen molar-refractivity contribution in [2.24, 2.45) is 0 Å². The maximum Gasteiger partial charge on any atom is 0.243 e. The molecule has 2 rings (SSSR count). The number of hydrogen-bond donors (Lipinski definition) is 1. The monoisotopic (exact) mass is 418 g/mol. The van der Waals surface area contributed by atoms with Crippen LogP contribution in [0.15, 0.2) is 48.5 Å². The summed E-state index contributed by atoms with van der Waals surface area (Å²) in [7, 11) is -3.64. The molecule has 1 N–H and O–H groups in total. The lowest BCUT2D eigenvalue weighted by molar-refractivity contribution is -0.122. The summed E-state index contributed by atoms with van der Waals surface area (Å²) in [5, 5.41) is 2.84. The molecule has 0 saturated heterocycles. The van der Waals surface area contributed by atoms with Crippen LogP contribution in [0, 0.1) is 6.92 Å². The van der Waals surface area contributed by atoms with Crippen LogP contribution in [0.25, 0.3) is 0 Å². The van der Waals surface area contributed by atoms with E-state index in [4.69, 9.17) is 4.74 Å². The fourth-order valence-electron chi connectivity index (χ4n) is 2.95. The number of anilines is 1. The molecule has 0 bridgehead atoms. The molecule has 2 atom stereocenters. The van der Waals surface area contributed by atoms with Gasteiger partial charge in [0.1, 0.15) is 18.4 Å². The molecule has 0 fully saturated rings. The number of carbonyl (C=O) groups excluding carboxylic acids is 1. The predicted molar refractivity (Wildman–Crippen MR) is 117 cm³/mol. The Hall–Kier alpha value is -2.54. The summed E-state index contributed by atoms with van der Waals surface area (Å²) in [5.74, 6) is 0.341. The van der Waals surface area contributed by atoms with Gasteiger partial charge in [-0.25, -0.2) is 8.42 Å². The number of amides is 1. The van der Waals surface area contributed by atoms with Crippen LogP contribution in [-0.4, -0.2) is 39.3 Å². The molecular weight excluding hydrogens is 388 g/mol. The van der Waals surface area contributed by atoms with Gasteiger partial charge >= 0.3 is 0 Å². The molecular formula is C22H30N2O4S. The molecule has 0 aromatic heterocycles. The van der Waals surface area contributed by atoms with Gasteiger partial charge in [0.15, 0.2) is 0 Å². The van der Waals surface area contributed by atoms with Crippen LogP contribution >= 0.6 is 0 Å². The minimum Gasteiger partial charge on any atom is -0.491 e. The number of nitrogens with zero attached hydrogens (tertiary/aromatic N) is 1. The molecule has 29 heavy (non-hydrogen) atoms. The van der Waals surface area contributed by atoms with E-state index in [9.17, 15) is 13.2 Å². The first-order valence-electron chi connectivity index (χ1n) is 9.70. The first-order valence-corrected chi connectivity index (χ1v) is 11.5. The van der Waals surface area contributed by atoms with E-state index in [1.165, 1.54) is 0 Å². The molecule has 7 heteroatoms. The Morgan fingerprint density at radius 3 is 2.17 bits per heavy atom. The molecule has 2 unspecified atom stereocenters. The van der Waals surface area contributed by atoms with Crippen molar-refractivity contribution >= 4 is 21.6 Å². The largest absolute Gasteiger partial charge is 0.491 e. The van der Waals surface area contributed by atoms with Crippen molar-refractivity contribution in [2.45, 2.75) is 46.2 Å². The van der Waals surface area contributed by atoms with Crippen LogP contribution in [0.4, 0.5) is 5.69 Å². The lowest BCUT2D eigenvalue weighted by Gasteiger charge is -2.29. The average Bonchev–Trinajstić information content (AvgIpc) is 2.67. The van der Waals surface area contributed by atoms with E-state index in [1.807, 2.05) is 57.2 Å². The number of carbonyl (C=O) groups is 1. The maximum atomic E-state index is 12.7. The van der Waals surface area contributed by atoms with Gasteiger partial charge in [0.25, 0.3) is 0 Å². The average molecular weight is 419 g/mol. The van der Waals surface area contributed by atoms with Crippen molar-refractivity contribution in [1.29, 1.82) is 0 Å². The Morgan fingerprint density at radius 1 is 1.07 bits per heavy atom. The summed E-state index contributed by atoms with van der Waals surface area (Å²) < 4.78 is 31.6. The van der Waals surface area contributed by atoms with Crippen LogP contribution < -0.4 is 14.4 Å². The smallest absolute Gasteiger partial charge is 0.243 e. The van der Waals surface area contributed by atoms with Crippen LogP contribution in [0.1, 0.15) is 31.9 Å². The van der Waals surface area contributed by atoms with Crippen molar-refractivity contribution in [1.82, 2.24) is 5.32 Å². The zero-order chi connectivity index (χ0) is 21.6. The van der Waals surface area contributed by atoms with Crippen molar-refractivity contribution < 1.29 is 17.9 Å². The molecule has 0 spiro atoms. The molecule has 158 valence electrons. The van der Waals surface area contributed by atoms with Crippen molar-refractivity contribution in [3.63, 3.8) is 0 Å². The summed E-state index contributed by atoms with van der Waals surface area (Å²) in [6.45, 7) is 7.71. The fraction of sp³-hybridized carbons (Fsp3) is 0.409. The third-order valence-electron chi connectivity index (χ3n) is 4.60. The summed E-state index contributed by atoms with van der Waals surface area (Å²) >= 11 is 0. The Balaban J connectivity index is 2.04. The molecule has 0 aliphatic carbocycles. The summed E-state index contributed by atoms with van der Waals surface area (Å²) in [6.07, 6.45) is 1.96. The third kappa shape index (κ3) is 6.49. The number of benzene rings is 2. The number of aryl methyl sites for hydroxylation is 2. The summed E-state index contributed by atoms with van der Waals surface area (Å²) in [6, 6.07) is 13.7. The van der Waals surface area contributed by atoms with Gasteiger partial charge in [-0.15, -0.1) is 0 Å². The first kappa shape index (κ1) is 22.7. The zero-order valence-corrected chi connectivity index (χ0v) is 18.5. The van der Waals surface area contributed by atoms with E-state index in [1.54, 1.807) is 19.1 Å². The fourth-order valence-corrected chi connectivity index (χ4v) is 4.12. The SMILES string of the molecule is CCc1ccc(N(C(C)C(=O)NC(C)COc2ccc(C)cc2)S(C)(=O)=O)cc1. The number of hydrogen-bond acceptors (Lipinski definition) is 4. The van der Waals surface area contributed by atoms with E-state index >= 15 is 0 Å². The van der Waals surface area contributed by atoms with Gasteiger partial charge in [-0.2, -0.15) is 0 Å². The molecule has 0 heterocycles. The van der Waals surface area contributed by atoms with Gasteiger partial charge in [-0.05, 0) is 57.0 Å².